The van der Waals surface area contributed by atoms with Crippen molar-refractivity contribution in [2.45, 2.75) is 6.92 Å². The molecule has 166 valence electrons. The fourth-order valence-electron chi connectivity index (χ4n) is 4.05. The van der Waals surface area contributed by atoms with Crippen LogP contribution in [0.1, 0.15) is 6.92 Å². The number of aromatic nitrogens is 1. The van der Waals surface area contributed by atoms with Crippen molar-refractivity contribution < 1.29 is 0 Å². The van der Waals surface area contributed by atoms with E-state index in [2.05, 4.69) is 88.3 Å². The Labute approximate surface area is 203 Å². The van der Waals surface area contributed by atoms with E-state index < -0.39 is 0 Å². The third-order valence-corrected chi connectivity index (χ3v) is 6.78. The number of anilines is 4. The lowest BCUT2D eigenvalue weighted by molar-refractivity contribution is 1.13. The Bertz CT molecular complexity index is 1500. The topological polar surface area (TPSA) is 40.5 Å². The summed E-state index contributed by atoms with van der Waals surface area (Å²) >= 11 is 1.80. The van der Waals surface area contributed by atoms with Gasteiger partial charge in [0.25, 0.3) is 0 Å². The van der Waals surface area contributed by atoms with Crippen LogP contribution in [-0.2, 0) is 0 Å². The molecule has 34 heavy (non-hydrogen) atoms. The van der Waals surface area contributed by atoms with Crippen LogP contribution in [0.5, 0.6) is 0 Å². The molecule has 5 aromatic rings. The summed E-state index contributed by atoms with van der Waals surface area (Å²) in [6.45, 7) is 5.77. The van der Waals surface area contributed by atoms with Crippen LogP contribution in [0.25, 0.3) is 20.2 Å². The second-order valence-corrected chi connectivity index (χ2v) is 8.80. The first-order chi connectivity index (χ1) is 16.8. The Balaban J connectivity index is 1.70. The van der Waals surface area contributed by atoms with Gasteiger partial charge in [-0.05, 0) is 43.3 Å². The van der Waals surface area contributed by atoms with Crippen molar-refractivity contribution >= 4 is 60.5 Å². The summed E-state index contributed by atoms with van der Waals surface area (Å²) in [6.07, 6.45) is 8.88. The molecule has 5 rings (SSSR count). The SMILES string of the molecule is C=C/C=N\C=C(/C)N(c1cccnc1)c1cccc2c1sc1c(Nc3ccccc3)cccc12. The number of para-hydroxylation sites is 1. The summed E-state index contributed by atoms with van der Waals surface area (Å²) in [5.41, 5.74) is 5.24. The molecule has 0 saturated carbocycles. The predicted octanol–water partition coefficient (Wildman–Crippen LogP) is 8.45. The molecule has 0 amide bonds. The number of pyridine rings is 1. The zero-order valence-corrected chi connectivity index (χ0v) is 19.7. The van der Waals surface area contributed by atoms with E-state index in [4.69, 9.17) is 0 Å². The van der Waals surface area contributed by atoms with Crippen LogP contribution in [0.15, 0.2) is 121 Å². The number of benzene rings is 3. The molecular formula is C29H24N4S. The Kier molecular flexibility index (Phi) is 6.19. The number of hydrogen-bond donors (Lipinski definition) is 1. The smallest absolute Gasteiger partial charge is 0.0642 e. The molecule has 0 spiro atoms. The number of nitrogens with one attached hydrogen (secondary N) is 1. The average Bonchev–Trinajstić information content (AvgIpc) is 3.26. The summed E-state index contributed by atoms with van der Waals surface area (Å²) in [4.78, 5) is 10.9. The molecule has 0 aliphatic carbocycles. The molecule has 0 radical (unpaired) electrons. The number of fused-ring (bicyclic) bond motifs is 3. The van der Waals surface area contributed by atoms with Crippen LogP contribution in [0, 0.1) is 0 Å². The number of aliphatic imine (C=N–C) groups is 1. The Morgan fingerprint density at radius 2 is 1.74 bits per heavy atom. The van der Waals surface area contributed by atoms with E-state index >= 15 is 0 Å². The molecular weight excluding hydrogens is 436 g/mol. The standard InChI is InChI=1S/C29H24N4S/c1-3-17-30-19-21(2)33(23-12-9-18-31-20-23)27-16-8-14-25-24-13-7-15-26(28(24)34-29(25)27)32-22-10-5-4-6-11-22/h3-20,32H,1H2,2H3/b21-19+,30-17-. The van der Waals surface area contributed by atoms with E-state index in [9.17, 15) is 0 Å². The fraction of sp³-hybridized carbons (Fsp3) is 0.0345. The third kappa shape index (κ3) is 4.21. The Morgan fingerprint density at radius 1 is 0.941 bits per heavy atom. The van der Waals surface area contributed by atoms with Crippen LogP contribution in [0.4, 0.5) is 22.7 Å². The zero-order chi connectivity index (χ0) is 23.3. The average molecular weight is 461 g/mol. The highest BCUT2D eigenvalue weighted by molar-refractivity contribution is 7.27. The van der Waals surface area contributed by atoms with Gasteiger partial charge in [-0.25, -0.2) is 0 Å². The minimum absolute atomic E-state index is 0.984. The molecule has 0 aliphatic heterocycles. The van der Waals surface area contributed by atoms with E-state index in [1.54, 1.807) is 29.8 Å². The van der Waals surface area contributed by atoms with E-state index in [0.717, 1.165) is 28.4 Å². The Hall–Kier alpha value is -4.22. The summed E-state index contributed by atoms with van der Waals surface area (Å²) in [7, 11) is 0. The molecule has 0 unspecified atom stereocenters. The van der Waals surface area contributed by atoms with Gasteiger partial charge in [-0.15, -0.1) is 11.3 Å². The van der Waals surface area contributed by atoms with Crippen molar-refractivity contribution in [2.75, 3.05) is 10.2 Å². The number of thiophene rings is 1. The molecule has 0 atom stereocenters. The van der Waals surface area contributed by atoms with Crippen molar-refractivity contribution in [2.24, 2.45) is 4.99 Å². The molecule has 2 heterocycles. The Morgan fingerprint density at radius 3 is 2.50 bits per heavy atom. The van der Waals surface area contributed by atoms with Gasteiger partial charge in [0.05, 0.1) is 32.7 Å². The molecule has 3 aromatic carbocycles. The first kappa shape index (κ1) is 21.6. The van der Waals surface area contributed by atoms with Crippen molar-refractivity contribution in [3.63, 3.8) is 0 Å². The normalized spacial score (nSPS) is 11.9. The molecule has 0 saturated heterocycles. The van der Waals surface area contributed by atoms with Crippen LogP contribution in [-0.4, -0.2) is 11.2 Å². The van der Waals surface area contributed by atoms with E-state index in [0.29, 0.717) is 0 Å². The molecule has 1 N–H and O–H groups in total. The summed E-state index contributed by atoms with van der Waals surface area (Å²) in [5, 5.41) is 6.06. The van der Waals surface area contributed by atoms with Gasteiger partial charge >= 0.3 is 0 Å². The second-order valence-electron chi connectivity index (χ2n) is 7.78. The lowest BCUT2D eigenvalue weighted by Crippen LogP contribution is -2.14. The third-order valence-electron chi connectivity index (χ3n) is 5.51. The number of hydrogen-bond acceptors (Lipinski definition) is 5. The molecule has 0 aliphatic rings. The number of allylic oxidation sites excluding steroid dienone is 2. The van der Waals surface area contributed by atoms with Gasteiger partial charge in [-0.1, -0.05) is 55.1 Å². The van der Waals surface area contributed by atoms with Crippen molar-refractivity contribution in [3.05, 3.63) is 116 Å². The van der Waals surface area contributed by atoms with Crippen molar-refractivity contribution in [1.29, 1.82) is 0 Å². The molecule has 0 bridgehead atoms. The zero-order valence-electron chi connectivity index (χ0n) is 18.8. The highest BCUT2D eigenvalue weighted by atomic mass is 32.1. The minimum atomic E-state index is 0.984. The van der Waals surface area contributed by atoms with Gasteiger partial charge in [0.2, 0.25) is 0 Å². The van der Waals surface area contributed by atoms with Crippen LogP contribution >= 0.6 is 11.3 Å². The minimum Gasteiger partial charge on any atom is -0.354 e. The van der Waals surface area contributed by atoms with E-state index in [1.165, 1.54) is 20.2 Å². The first-order valence-electron chi connectivity index (χ1n) is 11.0. The van der Waals surface area contributed by atoms with Crippen LogP contribution in [0.3, 0.4) is 0 Å². The summed E-state index contributed by atoms with van der Waals surface area (Å²) < 4.78 is 2.44. The fourth-order valence-corrected chi connectivity index (χ4v) is 5.32. The summed E-state index contributed by atoms with van der Waals surface area (Å²) in [5.74, 6) is 0. The van der Waals surface area contributed by atoms with E-state index in [-0.39, 0.29) is 0 Å². The van der Waals surface area contributed by atoms with Crippen molar-refractivity contribution in [3.8, 4) is 0 Å². The van der Waals surface area contributed by atoms with Gasteiger partial charge in [-0.2, -0.15) is 0 Å². The quantitative estimate of drug-likeness (QED) is 0.248. The second kappa shape index (κ2) is 9.73. The van der Waals surface area contributed by atoms with Crippen molar-refractivity contribution in [1.82, 2.24) is 4.98 Å². The molecule has 4 nitrogen and oxygen atoms in total. The van der Waals surface area contributed by atoms with Gasteiger partial charge in [0.1, 0.15) is 0 Å². The lowest BCUT2D eigenvalue weighted by Gasteiger charge is -2.25. The lowest BCUT2D eigenvalue weighted by atomic mass is 10.1. The predicted molar refractivity (Wildman–Crippen MR) is 148 cm³/mol. The van der Waals surface area contributed by atoms with Crippen LogP contribution in [0.2, 0.25) is 0 Å². The van der Waals surface area contributed by atoms with Gasteiger partial charge in [-0.3, -0.25) is 9.98 Å². The highest BCUT2D eigenvalue weighted by Crippen LogP contribution is 2.45. The van der Waals surface area contributed by atoms with Crippen LogP contribution < -0.4 is 10.2 Å². The van der Waals surface area contributed by atoms with Gasteiger partial charge in [0.15, 0.2) is 0 Å². The number of nitrogens with zero attached hydrogens (tertiary/aromatic N) is 3. The summed E-state index contributed by atoms with van der Waals surface area (Å²) in [6, 6.07) is 27.2. The van der Waals surface area contributed by atoms with E-state index in [1.807, 2.05) is 36.7 Å². The first-order valence-corrected chi connectivity index (χ1v) is 11.9. The maximum Gasteiger partial charge on any atom is 0.0642 e. The van der Waals surface area contributed by atoms with Gasteiger partial charge < -0.3 is 10.2 Å². The number of rotatable bonds is 7. The monoisotopic (exact) mass is 460 g/mol. The molecule has 5 heteroatoms. The largest absolute Gasteiger partial charge is 0.354 e. The highest BCUT2D eigenvalue weighted by Gasteiger charge is 2.18. The maximum atomic E-state index is 4.37. The maximum absolute atomic E-state index is 4.37. The van der Waals surface area contributed by atoms with Gasteiger partial charge in [0, 0.05) is 40.8 Å². The molecule has 2 aromatic heterocycles. The molecule has 0 fully saturated rings.